The molecule has 6 heteroatoms. The maximum Gasteiger partial charge on any atom is 0.222 e. The molecule has 0 unspecified atom stereocenters. The summed E-state index contributed by atoms with van der Waals surface area (Å²) >= 11 is 0. The number of amides is 1. The van der Waals surface area contributed by atoms with Crippen molar-refractivity contribution in [2.45, 2.75) is 52.5 Å². The van der Waals surface area contributed by atoms with Crippen LogP contribution in [0.1, 0.15) is 47.0 Å². The largest absolute Gasteiger partial charge is 0.357 e. The minimum absolute atomic E-state index is 0. The third-order valence-electron chi connectivity index (χ3n) is 2.87. The van der Waals surface area contributed by atoms with Crippen molar-refractivity contribution in [3.05, 3.63) is 0 Å². The highest BCUT2D eigenvalue weighted by atomic mass is 127. The Morgan fingerprint density at radius 2 is 2.10 bits per heavy atom. The van der Waals surface area contributed by atoms with Crippen molar-refractivity contribution < 1.29 is 4.79 Å². The molecule has 20 heavy (non-hydrogen) atoms. The van der Waals surface area contributed by atoms with Gasteiger partial charge in [-0.1, -0.05) is 0 Å². The molecule has 5 nitrogen and oxygen atoms in total. The zero-order chi connectivity index (χ0) is 14.3. The monoisotopic (exact) mass is 396 g/mol. The SMILES string of the molecule is CCNC(=NCCCN1CCCC1=O)NC(C)(C)C.I. The van der Waals surface area contributed by atoms with E-state index in [0.717, 1.165) is 51.4 Å². The number of carbonyl (C=O) groups excluding carboxylic acids is 1. The lowest BCUT2D eigenvalue weighted by atomic mass is 10.1. The van der Waals surface area contributed by atoms with Crippen LogP contribution in [-0.4, -0.2) is 48.5 Å². The predicted octanol–water partition coefficient (Wildman–Crippen LogP) is 1.97. The Labute approximate surface area is 140 Å². The number of likely N-dealkylation sites (tertiary alicyclic amines) is 1. The maximum absolute atomic E-state index is 11.5. The first-order valence-electron chi connectivity index (χ1n) is 7.26. The van der Waals surface area contributed by atoms with Crippen LogP contribution < -0.4 is 10.6 Å². The minimum atomic E-state index is 0. The fourth-order valence-corrected chi connectivity index (χ4v) is 2.06. The standard InChI is InChI=1S/C14H28N4O.HI/c1-5-15-13(17-14(2,3)4)16-9-7-11-18-10-6-8-12(18)19;/h5-11H2,1-4H3,(H2,15,16,17);1H. The average Bonchev–Trinajstić information content (AvgIpc) is 2.68. The quantitative estimate of drug-likeness (QED) is 0.323. The first-order chi connectivity index (χ1) is 8.92. The molecular formula is C14H29IN4O. The summed E-state index contributed by atoms with van der Waals surface area (Å²) in [5.41, 5.74) is 0.00587. The topological polar surface area (TPSA) is 56.7 Å². The second kappa shape index (κ2) is 9.41. The molecule has 0 aromatic heterocycles. The van der Waals surface area contributed by atoms with Crippen LogP contribution in [-0.2, 0) is 4.79 Å². The zero-order valence-electron chi connectivity index (χ0n) is 13.2. The summed E-state index contributed by atoms with van der Waals surface area (Å²) in [6.45, 7) is 11.7. The lowest BCUT2D eigenvalue weighted by Gasteiger charge is -2.23. The van der Waals surface area contributed by atoms with E-state index in [4.69, 9.17) is 0 Å². The van der Waals surface area contributed by atoms with E-state index in [9.17, 15) is 4.79 Å². The highest BCUT2D eigenvalue weighted by Gasteiger charge is 2.19. The second-order valence-electron chi connectivity index (χ2n) is 5.97. The summed E-state index contributed by atoms with van der Waals surface area (Å²) < 4.78 is 0. The molecular weight excluding hydrogens is 367 g/mol. The van der Waals surface area contributed by atoms with Crippen molar-refractivity contribution in [1.82, 2.24) is 15.5 Å². The molecule has 1 heterocycles. The maximum atomic E-state index is 11.5. The highest BCUT2D eigenvalue weighted by molar-refractivity contribution is 14.0. The molecule has 0 aliphatic carbocycles. The van der Waals surface area contributed by atoms with Gasteiger partial charge in [0, 0.05) is 38.1 Å². The molecule has 0 saturated carbocycles. The molecule has 1 saturated heterocycles. The van der Waals surface area contributed by atoms with Gasteiger partial charge in [-0.25, -0.2) is 0 Å². The molecule has 0 spiro atoms. The van der Waals surface area contributed by atoms with Gasteiger partial charge in [0.1, 0.15) is 0 Å². The van der Waals surface area contributed by atoms with E-state index >= 15 is 0 Å². The lowest BCUT2D eigenvalue weighted by Crippen LogP contribution is -2.47. The van der Waals surface area contributed by atoms with Crippen molar-refractivity contribution >= 4 is 35.8 Å². The Hall–Kier alpha value is -0.530. The van der Waals surface area contributed by atoms with Crippen LogP contribution in [0.25, 0.3) is 0 Å². The van der Waals surface area contributed by atoms with E-state index in [2.05, 4.69) is 43.3 Å². The van der Waals surface area contributed by atoms with E-state index in [1.54, 1.807) is 0 Å². The molecule has 1 rings (SSSR count). The Morgan fingerprint density at radius 3 is 2.60 bits per heavy atom. The normalized spacial score (nSPS) is 16.1. The first-order valence-corrected chi connectivity index (χ1v) is 7.26. The van der Waals surface area contributed by atoms with Gasteiger partial charge in [-0.3, -0.25) is 9.79 Å². The van der Waals surface area contributed by atoms with E-state index in [1.807, 2.05) is 4.90 Å². The summed E-state index contributed by atoms with van der Waals surface area (Å²) in [6, 6.07) is 0. The van der Waals surface area contributed by atoms with Gasteiger partial charge in [-0.05, 0) is 40.5 Å². The Kier molecular flexibility index (Phi) is 9.16. The van der Waals surface area contributed by atoms with Crippen LogP contribution in [0.5, 0.6) is 0 Å². The van der Waals surface area contributed by atoms with E-state index in [1.165, 1.54) is 0 Å². The summed E-state index contributed by atoms with van der Waals surface area (Å²) in [7, 11) is 0. The van der Waals surface area contributed by atoms with Gasteiger partial charge in [0.15, 0.2) is 5.96 Å². The van der Waals surface area contributed by atoms with Gasteiger partial charge < -0.3 is 15.5 Å². The smallest absolute Gasteiger partial charge is 0.222 e. The molecule has 0 aromatic carbocycles. The van der Waals surface area contributed by atoms with Crippen molar-refractivity contribution in [3.8, 4) is 0 Å². The number of aliphatic imine (C=N–C) groups is 1. The van der Waals surface area contributed by atoms with Crippen molar-refractivity contribution in [1.29, 1.82) is 0 Å². The van der Waals surface area contributed by atoms with Gasteiger partial charge in [0.25, 0.3) is 0 Å². The van der Waals surface area contributed by atoms with Gasteiger partial charge in [-0.2, -0.15) is 0 Å². The Balaban J connectivity index is 0.00000361. The summed E-state index contributed by atoms with van der Waals surface area (Å²) in [4.78, 5) is 17.9. The molecule has 1 amide bonds. The van der Waals surface area contributed by atoms with Crippen LogP contribution in [0.15, 0.2) is 4.99 Å². The number of hydrogen-bond acceptors (Lipinski definition) is 2. The van der Waals surface area contributed by atoms with Crippen molar-refractivity contribution in [2.75, 3.05) is 26.2 Å². The molecule has 1 aliphatic rings. The van der Waals surface area contributed by atoms with Gasteiger partial charge in [-0.15, -0.1) is 24.0 Å². The second-order valence-corrected chi connectivity index (χ2v) is 5.97. The van der Waals surface area contributed by atoms with Crippen LogP contribution in [0, 0.1) is 0 Å². The third-order valence-corrected chi connectivity index (χ3v) is 2.87. The van der Waals surface area contributed by atoms with Crippen LogP contribution in [0.4, 0.5) is 0 Å². The molecule has 0 atom stereocenters. The summed E-state index contributed by atoms with van der Waals surface area (Å²) in [6.07, 6.45) is 2.65. The van der Waals surface area contributed by atoms with Gasteiger partial charge in [0.05, 0.1) is 0 Å². The summed E-state index contributed by atoms with van der Waals surface area (Å²) in [5.74, 6) is 1.14. The van der Waals surface area contributed by atoms with E-state index < -0.39 is 0 Å². The average molecular weight is 396 g/mol. The molecule has 2 N–H and O–H groups in total. The predicted molar refractivity (Wildman–Crippen MR) is 94.7 cm³/mol. The molecule has 0 aromatic rings. The fourth-order valence-electron chi connectivity index (χ4n) is 2.06. The first kappa shape index (κ1) is 19.5. The Bertz CT molecular complexity index is 326. The molecule has 118 valence electrons. The van der Waals surface area contributed by atoms with Crippen LogP contribution in [0.3, 0.4) is 0 Å². The third kappa shape index (κ3) is 7.91. The Morgan fingerprint density at radius 1 is 1.40 bits per heavy atom. The minimum Gasteiger partial charge on any atom is -0.357 e. The fraction of sp³-hybridized carbons (Fsp3) is 0.857. The number of nitrogens with one attached hydrogen (secondary N) is 2. The van der Waals surface area contributed by atoms with Crippen molar-refractivity contribution in [3.63, 3.8) is 0 Å². The number of carbonyl (C=O) groups is 1. The number of rotatable bonds is 5. The van der Waals surface area contributed by atoms with Crippen molar-refractivity contribution in [2.24, 2.45) is 4.99 Å². The van der Waals surface area contributed by atoms with E-state index in [-0.39, 0.29) is 29.5 Å². The van der Waals surface area contributed by atoms with Gasteiger partial charge >= 0.3 is 0 Å². The number of hydrogen-bond donors (Lipinski definition) is 2. The van der Waals surface area contributed by atoms with Gasteiger partial charge in [0.2, 0.25) is 5.91 Å². The number of guanidine groups is 1. The molecule has 0 bridgehead atoms. The molecule has 1 fully saturated rings. The van der Waals surface area contributed by atoms with Crippen LogP contribution in [0.2, 0.25) is 0 Å². The number of nitrogens with zero attached hydrogens (tertiary/aromatic N) is 2. The lowest BCUT2D eigenvalue weighted by molar-refractivity contribution is -0.127. The number of halogens is 1. The molecule has 1 aliphatic heterocycles. The highest BCUT2D eigenvalue weighted by Crippen LogP contribution is 2.09. The van der Waals surface area contributed by atoms with Crippen LogP contribution >= 0.6 is 24.0 Å². The zero-order valence-corrected chi connectivity index (χ0v) is 15.5. The molecule has 0 radical (unpaired) electrons. The van der Waals surface area contributed by atoms with E-state index in [0.29, 0.717) is 5.91 Å². The summed E-state index contributed by atoms with van der Waals surface area (Å²) in [5, 5.41) is 6.59.